The molecular formula is C20H27N3O4S. The number of ether oxygens (including phenoxy) is 1. The number of aromatic nitrogens is 1. The smallest absolute Gasteiger partial charge is 0.410 e. The average Bonchev–Trinajstić information content (AvgIpc) is 2.61. The predicted octanol–water partition coefficient (Wildman–Crippen LogP) is 3.25. The first-order chi connectivity index (χ1) is 13.0. The molecule has 2 atom stereocenters. The molecule has 1 amide bonds. The Labute approximate surface area is 166 Å². The second-order valence-corrected chi connectivity index (χ2v) is 10.2. The Morgan fingerprint density at radius 3 is 2.50 bits per heavy atom. The van der Waals surface area contributed by atoms with E-state index in [0.29, 0.717) is 0 Å². The second-order valence-electron chi connectivity index (χ2n) is 8.29. The van der Waals surface area contributed by atoms with Crippen LogP contribution in [0.4, 0.5) is 4.79 Å². The highest BCUT2D eigenvalue weighted by molar-refractivity contribution is 7.89. The zero-order valence-electron chi connectivity index (χ0n) is 16.9. The first-order valence-electron chi connectivity index (χ1n) is 9.34. The van der Waals surface area contributed by atoms with Crippen molar-refractivity contribution >= 4 is 26.9 Å². The highest BCUT2D eigenvalue weighted by Gasteiger charge is 2.40. The molecule has 1 aliphatic rings. The molecule has 28 heavy (non-hydrogen) atoms. The quantitative estimate of drug-likeness (QED) is 0.766. The van der Waals surface area contributed by atoms with Crippen LogP contribution in [-0.2, 0) is 14.8 Å². The minimum Gasteiger partial charge on any atom is -0.444 e. The lowest BCUT2D eigenvalue weighted by Crippen LogP contribution is -2.59. The van der Waals surface area contributed by atoms with Crippen LogP contribution in [0.1, 0.15) is 34.6 Å². The summed E-state index contributed by atoms with van der Waals surface area (Å²) < 4.78 is 33.5. The van der Waals surface area contributed by atoms with E-state index in [0.717, 1.165) is 10.8 Å². The van der Waals surface area contributed by atoms with Gasteiger partial charge in [0.1, 0.15) is 5.60 Å². The first-order valence-corrected chi connectivity index (χ1v) is 10.8. The van der Waals surface area contributed by atoms with Gasteiger partial charge in [0.15, 0.2) is 0 Å². The largest absolute Gasteiger partial charge is 0.444 e. The first kappa shape index (κ1) is 20.5. The molecule has 3 rings (SSSR count). The predicted molar refractivity (Wildman–Crippen MR) is 107 cm³/mol. The minimum atomic E-state index is -3.69. The normalized spacial score (nSPS) is 21.7. The van der Waals surface area contributed by atoms with Crippen LogP contribution in [0.15, 0.2) is 41.6 Å². The Kier molecular flexibility index (Phi) is 5.38. The van der Waals surface area contributed by atoms with Crippen molar-refractivity contribution in [3.8, 4) is 0 Å². The van der Waals surface area contributed by atoms with Gasteiger partial charge >= 0.3 is 6.09 Å². The summed E-state index contributed by atoms with van der Waals surface area (Å²) in [4.78, 5) is 18.4. The van der Waals surface area contributed by atoms with E-state index in [1.165, 1.54) is 4.31 Å². The van der Waals surface area contributed by atoms with Crippen LogP contribution in [0.3, 0.4) is 0 Å². The van der Waals surface area contributed by atoms with Crippen molar-refractivity contribution in [2.24, 2.45) is 0 Å². The molecule has 0 aliphatic carbocycles. The summed E-state index contributed by atoms with van der Waals surface area (Å²) in [5.41, 5.74) is -0.594. The lowest BCUT2D eigenvalue weighted by atomic mass is 10.1. The Bertz CT molecular complexity index is 984. The molecule has 0 saturated carbocycles. The average molecular weight is 406 g/mol. The van der Waals surface area contributed by atoms with Crippen LogP contribution in [0.25, 0.3) is 10.8 Å². The summed E-state index contributed by atoms with van der Waals surface area (Å²) in [6.07, 6.45) is 2.93. The van der Waals surface area contributed by atoms with Gasteiger partial charge in [-0.15, -0.1) is 0 Å². The molecule has 0 bridgehead atoms. The fourth-order valence-electron chi connectivity index (χ4n) is 3.36. The number of sulfonamides is 1. The van der Waals surface area contributed by atoms with Crippen LogP contribution >= 0.6 is 0 Å². The number of carbonyl (C=O) groups excluding carboxylic acids is 1. The van der Waals surface area contributed by atoms with Gasteiger partial charge in [0.2, 0.25) is 10.0 Å². The van der Waals surface area contributed by atoms with E-state index in [2.05, 4.69) is 4.98 Å². The highest BCUT2D eigenvalue weighted by Crippen LogP contribution is 2.27. The van der Waals surface area contributed by atoms with E-state index in [1.807, 2.05) is 34.6 Å². The van der Waals surface area contributed by atoms with Crippen molar-refractivity contribution in [1.29, 1.82) is 0 Å². The lowest BCUT2D eigenvalue weighted by Gasteiger charge is -2.43. The van der Waals surface area contributed by atoms with E-state index in [-0.39, 0.29) is 30.1 Å². The highest BCUT2D eigenvalue weighted by atomic mass is 32.2. The summed E-state index contributed by atoms with van der Waals surface area (Å²) in [5.74, 6) is 0. The maximum Gasteiger partial charge on any atom is 0.410 e. The van der Waals surface area contributed by atoms with Crippen LogP contribution < -0.4 is 0 Å². The van der Waals surface area contributed by atoms with Crippen LogP contribution in [0.2, 0.25) is 0 Å². The van der Waals surface area contributed by atoms with Gasteiger partial charge in [-0.3, -0.25) is 4.98 Å². The van der Waals surface area contributed by atoms with E-state index in [9.17, 15) is 13.2 Å². The topological polar surface area (TPSA) is 79.8 Å². The summed E-state index contributed by atoms with van der Waals surface area (Å²) in [6.45, 7) is 9.60. The maximum absolute atomic E-state index is 13.3. The Morgan fingerprint density at radius 1 is 1.11 bits per heavy atom. The van der Waals surface area contributed by atoms with Crippen molar-refractivity contribution < 1.29 is 17.9 Å². The molecule has 152 valence electrons. The molecule has 0 spiro atoms. The van der Waals surface area contributed by atoms with Crippen molar-refractivity contribution in [2.45, 2.75) is 57.2 Å². The van der Waals surface area contributed by atoms with Crippen LogP contribution in [-0.4, -0.2) is 59.5 Å². The molecule has 0 unspecified atom stereocenters. The molecule has 7 nitrogen and oxygen atoms in total. The minimum absolute atomic E-state index is 0.219. The zero-order chi connectivity index (χ0) is 20.7. The third kappa shape index (κ3) is 4.12. The fraction of sp³-hybridized carbons (Fsp3) is 0.500. The number of rotatable bonds is 2. The molecule has 0 N–H and O–H groups in total. The van der Waals surface area contributed by atoms with Gasteiger partial charge in [-0.25, -0.2) is 13.2 Å². The second kappa shape index (κ2) is 7.33. The Hall–Kier alpha value is -2.19. The summed E-state index contributed by atoms with van der Waals surface area (Å²) >= 11 is 0. The van der Waals surface area contributed by atoms with Gasteiger partial charge < -0.3 is 9.64 Å². The number of hydrogen-bond acceptors (Lipinski definition) is 5. The summed E-state index contributed by atoms with van der Waals surface area (Å²) in [5, 5.41) is 1.71. The van der Waals surface area contributed by atoms with E-state index in [4.69, 9.17) is 4.74 Å². The number of piperazine rings is 1. The summed E-state index contributed by atoms with van der Waals surface area (Å²) in [7, 11) is -3.69. The van der Waals surface area contributed by atoms with E-state index >= 15 is 0 Å². The van der Waals surface area contributed by atoms with Gasteiger partial charge in [0.25, 0.3) is 0 Å². The SMILES string of the molecule is C[C@H]1CN(S(=O)(=O)c2ccc3cnccc3c2)[C@@H](C)CN1C(=O)OC(C)(C)C. The van der Waals surface area contributed by atoms with Gasteiger partial charge in [0.05, 0.1) is 4.90 Å². The molecule has 0 radical (unpaired) electrons. The molecule has 1 saturated heterocycles. The monoisotopic (exact) mass is 405 g/mol. The zero-order valence-corrected chi connectivity index (χ0v) is 17.7. The molecule has 2 heterocycles. The number of benzene rings is 1. The Morgan fingerprint density at radius 2 is 1.82 bits per heavy atom. The number of hydrogen-bond donors (Lipinski definition) is 0. The number of nitrogens with zero attached hydrogens (tertiary/aromatic N) is 3. The number of pyridine rings is 1. The number of carbonyl (C=O) groups is 1. The van der Waals surface area contributed by atoms with Gasteiger partial charge in [0, 0.05) is 43.0 Å². The summed E-state index contributed by atoms with van der Waals surface area (Å²) in [6, 6.07) is 6.19. The standard InChI is InChI=1S/C20H27N3O4S/c1-14-13-23(15(2)12-22(14)19(24)27-20(3,4)5)28(25,26)18-7-6-17-11-21-9-8-16(17)10-18/h6-11,14-15H,12-13H2,1-5H3/t14-,15-/m0/s1. The molecule has 1 aromatic carbocycles. The van der Waals surface area contributed by atoms with Crippen molar-refractivity contribution in [2.75, 3.05) is 13.1 Å². The molecule has 1 aliphatic heterocycles. The van der Waals surface area contributed by atoms with Crippen LogP contribution in [0.5, 0.6) is 0 Å². The fourth-order valence-corrected chi connectivity index (χ4v) is 5.10. The Balaban J connectivity index is 1.84. The molecule has 8 heteroatoms. The third-order valence-electron chi connectivity index (χ3n) is 4.78. The van der Waals surface area contributed by atoms with Crippen molar-refractivity contribution in [3.05, 3.63) is 36.7 Å². The number of fused-ring (bicyclic) bond motifs is 1. The van der Waals surface area contributed by atoms with E-state index < -0.39 is 21.7 Å². The van der Waals surface area contributed by atoms with E-state index in [1.54, 1.807) is 41.6 Å². The number of amides is 1. The van der Waals surface area contributed by atoms with Crippen molar-refractivity contribution in [1.82, 2.24) is 14.2 Å². The molecule has 2 aromatic rings. The van der Waals surface area contributed by atoms with Crippen molar-refractivity contribution in [3.63, 3.8) is 0 Å². The van der Waals surface area contributed by atoms with Gasteiger partial charge in [-0.05, 0) is 58.2 Å². The van der Waals surface area contributed by atoms with Crippen LogP contribution in [0, 0.1) is 0 Å². The molecule has 1 aromatic heterocycles. The maximum atomic E-state index is 13.3. The van der Waals surface area contributed by atoms with Gasteiger partial charge in [-0.1, -0.05) is 6.07 Å². The lowest BCUT2D eigenvalue weighted by molar-refractivity contribution is 0.00190. The molecular weight excluding hydrogens is 378 g/mol. The molecule has 1 fully saturated rings. The third-order valence-corrected chi connectivity index (χ3v) is 6.75. The van der Waals surface area contributed by atoms with Gasteiger partial charge in [-0.2, -0.15) is 4.31 Å².